The van der Waals surface area contributed by atoms with Crippen molar-refractivity contribution in [2.24, 2.45) is 0 Å². The predicted octanol–water partition coefficient (Wildman–Crippen LogP) is 12.1. The van der Waals surface area contributed by atoms with Crippen molar-refractivity contribution in [2.45, 2.75) is 128 Å². The van der Waals surface area contributed by atoms with Gasteiger partial charge in [0.05, 0.1) is 0 Å². The minimum absolute atomic E-state index is 0.986. The third-order valence-electron chi connectivity index (χ3n) is 7.04. The minimum atomic E-state index is 0.986. The molecule has 0 radical (unpaired) electrons. The third-order valence-corrected chi connectivity index (χ3v) is 9.70. The molecule has 0 fully saturated rings. The van der Waals surface area contributed by atoms with Crippen LogP contribution in [0.4, 0.5) is 0 Å². The van der Waals surface area contributed by atoms with Crippen molar-refractivity contribution in [2.75, 3.05) is 0 Å². The summed E-state index contributed by atoms with van der Waals surface area (Å²) in [7, 11) is 0. The zero-order valence-corrected chi connectivity index (χ0v) is 27.3. The number of rotatable bonds is 16. The Hall–Kier alpha value is -1.82. The molecule has 3 rings (SSSR count). The molecule has 0 aliphatic carbocycles. The summed E-state index contributed by atoms with van der Waals surface area (Å²) in [5.74, 6) is 0. The molecule has 218 valence electrons. The normalized spacial score (nSPS) is 13.3. The zero-order valence-electron chi connectivity index (χ0n) is 25.7. The van der Waals surface area contributed by atoms with E-state index in [1.807, 2.05) is 0 Å². The Bertz CT molecular complexity index is 1070. The van der Waals surface area contributed by atoms with Gasteiger partial charge >= 0.3 is 54.5 Å². The molecule has 0 unspecified atom stereocenters. The molecule has 0 spiro atoms. The molecule has 1 aliphatic rings. The molecule has 1 aliphatic heterocycles. The van der Waals surface area contributed by atoms with E-state index >= 15 is 0 Å². The van der Waals surface area contributed by atoms with Crippen LogP contribution in [-0.4, -0.2) is 4.70 Å². The molecule has 0 saturated carbocycles. The van der Waals surface area contributed by atoms with Crippen LogP contribution < -0.4 is 0 Å². The van der Waals surface area contributed by atoms with Gasteiger partial charge in [-0.2, -0.15) is 0 Å². The number of benzene rings is 2. The van der Waals surface area contributed by atoms with E-state index in [0.717, 1.165) is 66.2 Å². The van der Waals surface area contributed by atoms with Crippen LogP contribution in [-0.2, 0) is 18.0 Å². The summed E-state index contributed by atoms with van der Waals surface area (Å²) in [6, 6.07) is 17.1. The van der Waals surface area contributed by atoms with Crippen LogP contribution in [0.1, 0.15) is 127 Å². The van der Waals surface area contributed by atoms with Gasteiger partial charge in [0.25, 0.3) is 0 Å². The molecule has 3 heteroatoms. The quantitative estimate of drug-likeness (QED) is 0.101. The van der Waals surface area contributed by atoms with Crippen LogP contribution in [0, 0.1) is 13.8 Å². The van der Waals surface area contributed by atoms with Gasteiger partial charge in [-0.25, -0.2) is 4.70 Å². The molecule has 2 aromatic rings. The second-order valence-electron chi connectivity index (χ2n) is 10.8. The molecule has 0 atom stereocenters. The van der Waals surface area contributed by atoms with Crippen molar-refractivity contribution in [3.63, 3.8) is 0 Å². The number of hydrogen-bond acceptors (Lipinski definition) is 0. The summed E-state index contributed by atoms with van der Waals surface area (Å²) in [6.07, 6.45) is 14.8. The molecule has 2 aromatic carbocycles. The van der Waals surface area contributed by atoms with Gasteiger partial charge in [0, 0.05) is 22.3 Å². The van der Waals surface area contributed by atoms with Crippen LogP contribution in [0.2, 0.25) is 9.79 Å². The summed E-state index contributed by atoms with van der Waals surface area (Å²) in [5, 5.41) is 0. The Morgan fingerprint density at radius 2 is 1.05 bits per heavy atom. The summed E-state index contributed by atoms with van der Waals surface area (Å²) < 4.78 is 1.50. The summed E-state index contributed by atoms with van der Waals surface area (Å²) in [5.41, 5.74) is 20.9. The molecular formula is C36H54N2Pd. The van der Waals surface area contributed by atoms with Crippen LogP contribution in [0.5, 0.6) is 0 Å². The maximum atomic E-state index is 11.6. The summed E-state index contributed by atoms with van der Waals surface area (Å²) in [6.45, 7) is 13.3. The van der Waals surface area contributed by atoms with Crippen LogP contribution in [0.15, 0.2) is 59.7 Å². The van der Waals surface area contributed by atoms with E-state index in [4.69, 9.17) is 0 Å². The Kier molecular flexibility index (Phi) is 16.5. The van der Waals surface area contributed by atoms with E-state index in [1.54, 1.807) is 0 Å². The number of unbranched alkanes of at least 4 members (excludes halogenated alkanes) is 6. The van der Waals surface area contributed by atoms with Crippen molar-refractivity contribution in [1.82, 2.24) is 0 Å². The second kappa shape index (κ2) is 19.3. The number of aryl methyl sites for hydroxylation is 2. The van der Waals surface area contributed by atoms with Gasteiger partial charge in [0.1, 0.15) is 0 Å². The van der Waals surface area contributed by atoms with Gasteiger partial charge in [-0.3, -0.25) is 0 Å². The summed E-state index contributed by atoms with van der Waals surface area (Å²) in [4.78, 5) is 2.95. The standard InChI is InChI=1S/C30H40N2.2C3H7.Pd/c1-5-7-9-10-11-12-20-28-27(19-8-6-2)29(25-17-13-15-23(3)21-25)32(31)30(28)26-18-14-16-24(4)22-26;2*1-3-2;/h13-18,21-22H,5-12,19-20H2,1-4H3;2*1,3H2,2H3;. The average molecular weight is 621 g/mol. The van der Waals surface area contributed by atoms with E-state index in [9.17, 15) is 5.53 Å². The molecule has 1 heterocycles. The average Bonchev–Trinajstić information content (AvgIpc) is 3.20. The molecule has 0 bridgehead atoms. The second-order valence-corrected chi connectivity index (χ2v) is 13.1. The molecule has 2 nitrogen and oxygen atoms in total. The first kappa shape index (κ1) is 33.4. The van der Waals surface area contributed by atoms with Crippen molar-refractivity contribution in [3.8, 4) is 0 Å². The first-order chi connectivity index (χ1) is 19.0. The number of allylic oxidation sites excluding steroid dienone is 2. The van der Waals surface area contributed by atoms with Gasteiger partial charge < -0.3 is 5.53 Å². The van der Waals surface area contributed by atoms with Crippen LogP contribution in [0.3, 0.4) is 0 Å². The molecule has 0 saturated heterocycles. The molecular weight excluding hydrogens is 567 g/mol. The van der Waals surface area contributed by atoms with Crippen LogP contribution >= 0.6 is 0 Å². The van der Waals surface area contributed by atoms with Gasteiger partial charge in [-0.15, -0.1) is 0 Å². The predicted molar refractivity (Wildman–Crippen MR) is 168 cm³/mol. The first-order valence-corrected chi connectivity index (χ1v) is 17.7. The molecule has 0 N–H and O–H groups in total. The fourth-order valence-electron chi connectivity index (χ4n) is 5.11. The van der Waals surface area contributed by atoms with E-state index in [-0.39, 0.29) is 0 Å². The van der Waals surface area contributed by atoms with Crippen molar-refractivity contribution in [1.29, 1.82) is 0 Å². The Labute approximate surface area is 249 Å². The van der Waals surface area contributed by atoms with Crippen molar-refractivity contribution < 1.29 is 22.7 Å². The summed E-state index contributed by atoms with van der Waals surface area (Å²) >= 11 is 1.07. The van der Waals surface area contributed by atoms with E-state index < -0.39 is 0 Å². The molecule has 0 aromatic heterocycles. The Morgan fingerprint density at radius 3 is 1.51 bits per heavy atom. The Morgan fingerprint density at radius 1 is 0.590 bits per heavy atom. The van der Waals surface area contributed by atoms with Gasteiger partial charge in [-0.1, -0.05) is 87.8 Å². The monoisotopic (exact) mass is 620 g/mol. The van der Waals surface area contributed by atoms with E-state index in [1.165, 1.54) is 88.1 Å². The molecule has 0 amide bonds. The topological polar surface area (TPSA) is 25.3 Å². The molecule has 39 heavy (non-hydrogen) atoms. The van der Waals surface area contributed by atoms with E-state index in [2.05, 4.69) is 90.1 Å². The Balaban J connectivity index is 0.000000673. The van der Waals surface area contributed by atoms with Crippen molar-refractivity contribution in [3.05, 3.63) is 87.5 Å². The zero-order chi connectivity index (χ0) is 28.5. The SMILES string of the molecule is CCCCCCCCC1=C(c2cccc(C)c2)[N+](=[N-])C(c2cccc(C)c2)=C1CCCC.CC[CH2][Pd][CH2]CC. The van der Waals surface area contributed by atoms with Crippen molar-refractivity contribution >= 4 is 11.4 Å². The fourth-order valence-corrected chi connectivity index (χ4v) is 6.60. The van der Waals surface area contributed by atoms with Gasteiger partial charge in [0.15, 0.2) is 0 Å². The number of nitrogens with zero attached hydrogens (tertiary/aromatic N) is 2. The van der Waals surface area contributed by atoms with Gasteiger partial charge in [-0.05, 0) is 63.8 Å². The fraction of sp³-hybridized carbons (Fsp3) is 0.556. The van der Waals surface area contributed by atoms with Crippen LogP contribution in [0.25, 0.3) is 16.9 Å². The van der Waals surface area contributed by atoms with Gasteiger partial charge in [0.2, 0.25) is 11.4 Å². The van der Waals surface area contributed by atoms with E-state index in [0.29, 0.717) is 0 Å². The maximum absolute atomic E-state index is 11.6. The number of hydrogen-bond donors (Lipinski definition) is 0. The first-order valence-electron chi connectivity index (χ1n) is 15.5. The third kappa shape index (κ3) is 10.9.